The molecule has 1 saturated heterocycles. The van der Waals surface area contributed by atoms with E-state index in [9.17, 15) is 9.59 Å². The normalized spacial score (nSPS) is 14.4. The lowest BCUT2D eigenvalue weighted by Crippen LogP contribution is -2.48. The van der Waals surface area contributed by atoms with Gasteiger partial charge in [0, 0.05) is 44.4 Å². The number of hydrogen-bond donors (Lipinski definition) is 0. The number of rotatable bonds is 3. The molecule has 5 nitrogen and oxygen atoms in total. The summed E-state index contributed by atoms with van der Waals surface area (Å²) in [5, 5.41) is 0. The molecule has 1 fully saturated rings. The zero-order valence-electron chi connectivity index (χ0n) is 13.6. The molecule has 3 rings (SSSR count). The van der Waals surface area contributed by atoms with Gasteiger partial charge in [0.2, 0.25) is 0 Å². The van der Waals surface area contributed by atoms with Gasteiger partial charge in [0.1, 0.15) is 5.75 Å². The summed E-state index contributed by atoms with van der Waals surface area (Å²) in [4.78, 5) is 27.8. The van der Waals surface area contributed by atoms with Crippen LogP contribution in [0, 0.1) is 0 Å². The van der Waals surface area contributed by atoms with Gasteiger partial charge in [-0.25, -0.2) is 0 Å². The van der Waals surface area contributed by atoms with Crippen LogP contribution in [0.4, 0.5) is 5.69 Å². The molecule has 124 valence electrons. The van der Waals surface area contributed by atoms with Gasteiger partial charge >= 0.3 is 5.97 Å². The summed E-state index contributed by atoms with van der Waals surface area (Å²) in [5.41, 5.74) is 1.73. The van der Waals surface area contributed by atoms with Crippen LogP contribution in [0.5, 0.6) is 5.75 Å². The van der Waals surface area contributed by atoms with E-state index in [-0.39, 0.29) is 5.91 Å². The molecule has 1 amide bonds. The van der Waals surface area contributed by atoms with Gasteiger partial charge in [-0.3, -0.25) is 9.59 Å². The second-order valence-electron chi connectivity index (χ2n) is 5.74. The lowest BCUT2D eigenvalue weighted by atomic mass is 10.1. The van der Waals surface area contributed by atoms with Crippen molar-refractivity contribution in [1.29, 1.82) is 0 Å². The van der Waals surface area contributed by atoms with Crippen LogP contribution in [-0.2, 0) is 4.79 Å². The molecule has 0 spiro atoms. The first-order valence-electron chi connectivity index (χ1n) is 8.01. The number of carbonyl (C=O) groups is 2. The monoisotopic (exact) mass is 324 g/mol. The molecule has 0 atom stereocenters. The third-order valence-electron chi connectivity index (χ3n) is 4.03. The van der Waals surface area contributed by atoms with Crippen molar-refractivity contribution in [1.82, 2.24) is 4.90 Å². The molecule has 1 heterocycles. The first-order chi connectivity index (χ1) is 11.6. The number of hydrogen-bond acceptors (Lipinski definition) is 4. The van der Waals surface area contributed by atoms with E-state index in [1.807, 2.05) is 23.1 Å². The minimum Gasteiger partial charge on any atom is -0.427 e. The van der Waals surface area contributed by atoms with Crippen LogP contribution in [0.3, 0.4) is 0 Å². The second-order valence-corrected chi connectivity index (χ2v) is 5.74. The van der Waals surface area contributed by atoms with Crippen LogP contribution in [0.2, 0.25) is 0 Å². The maximum atomic E-state index is 12.6. The van der Waals surface area contributed by atoms with Crippen LogP contribution in [-0.4, -0.2) is 43.0 Å². The van der Waals surface area contributed by atoms with Gasteiger partial charge in [0.05, 0.1) is 0 Å². The highest BCUT2D eigenvalue weighted by molar-refractivity contribution is 5.95. The minimum atomic E-state index is -0.393. The molecule has 0 bridgehead atoms. The van der Waals surface area contributed by atoms with Crippen LogP contribution >= 0.6 is 0 Å². The maximum Gasteiger partial charge on any atom is 0.308 e. The lowest BCUT2D eigenvalue weighted by Gasteiger charge is -2.36. The van der Waals surface area contributed by atoms with Crippen molar-refractivity contribution in [2.75, 3.05) is 31.1 Å². The standard InChI is InChI=1S/C19H20N2O3/c1-15(22)24-18-9-5-6-16(14-18)19(23)21-12-10-20(11-13-21)17-7-3-2-4-8-17/h2-9,14H,10-13H2,1H3. The highest BCUT2D eigenvalue weighted by Crippen LogP contribution is 2.19. The fourth-order valence-electron chi connectivity index (χ4n) is 2.85. The van der Waals surface area contributed by atoms with Crippen molar-refractivity contribution < 1.29 is 14.3 Å². The fraction of sp³-hybridized carbons (Fsp3) is 0.263. The first-order valence-corrected chi connectivity index (χ1v) is 8.01. The molecule has 0 radical (unpaired) electrons. The second kappa shape index (κ2) is 7.17. The topological polar surface area (TPSA) is 49.9 Å². The molecule has 0 N–H and O–H groups in total. The summed E-state index contributed by atoms with van der Waals surface area (Å²) >= 11 is 0. The number of piperazine rings is 1. The number of para-hydroxylation sites is 1. The van der Waals surface area contributed by atoms with Crippen LogP contribution in [0.25, 0.3) is 0 Å². The first kappa shape index (κ1) is 16.1. The predicted molar refractivity (Wildman–Crippen MR) is 92.3 cm³/mol. The Labute approximate surface area is 141 Å². The van der Waals surface area contributed by atoms with Crippen LogP contribution < -0.4 is 9.64 Å². The zero-order chi connectivity index (χ0) is 16.9. The summed E-state index contributed by atoms with van der Waals surface area (Å²) in [6.07, 6.45) is 0. The molecule has 0 saturated carbocycles. The van der Waals surface area contributed by atoms with Crippen molar-refractivity contribution >= 4 is 17.6 Å². The Morgan fingerprint density at radius 3 is 2.29 bits per heavy atom. The van der Waals surface area contributed by atoms with Gasteiger partial charge in [-0.2, -0.15) is 0 Å². The fourth-order valence-corrected chi connectivity index (χ4v) is 2.85. The van der Waals surface area contributed by atoms with Crippen molar-refractivity contribution in [2.45, 2.75) is 6.92 Å². The molecule has 2 aromatic carbocycles. The Hall–Kier alpha value is -2.82. The van der Waals surface area contributed by atoms with E-state index in [1.54, 1.807) is 24.3 Å². The van der Waals surface area contributed by atoms with E-state index in [1.165, 1.54) is 12.6 Å². The van der Waals surface area contributed by atoms with Gasteiger partial charge in [0.15, 0.2) is 0 Å². The average Bonchev–Trinajstić information content (AvgIpc) is 2.62. The Balaban J connectivity index is 1.64. The van der Waals surface area contributed by atoms with Crippen molar-refractivity contribution in [3.8, 4) is 5.75 Å². The number of anilines is 1. The SMILES string of the molecule is CC(=O)Oc1cccc(C(=O)N2CCN(c3ccccc3)CC2)c1. The van der Waals surface area contributed by atoms with E-state index in [4.69, 9.17) is 4.74 Å². The molecule has 24 heavy (non-hydrogen) atoms. The maximum absolute atomic E-state index is 12.6. The molecular formula is C19H20N2O3. The van der Waals surface area contributed by atoms with Crippen LogP contribution in [0.1, 0.15) is 17.3 Å². The van der Waals surface area contributed by atoms with Gasteiger partial charge < -0.3 is 14.5 Å². The van der Waals surface area contributed by atoms with E-state index in [0.29, 0.717) is 24.4 Å². The molecule has 0 aliphatic carbocycles. The van der Waals surface area contributed by atoms with Gasteiger partial charge in [-0.1, -0.05) is 24.3 Å². The number of ether oxygens (including phenoxy) is 1. The molecular weight excluding hydrogens is 304 g/mol. The summed E-state index contributed by atoms with van der Waals surface area (Å²) in [5.74, 6) is -0.0240. The van der Waals surface area contributed by atoms with Crippen LogP contribution in [0.15, 0.2) is 54.6 Å². The Morgan fingerprint density at radius 2 is 1.62 bits per heavy atom. The molecule has 5 heteroatoms. The molecule has 0 unspecified atom stereocenters. The van der Waals surface area contributed by atoms with Crippen molar-refractivity contribution in [3.63, 3.8) is 0 Å². The Morgan fingerprint density at radius 1 is 0.917 bits per heavy atom. The van der Waals surface area contributed by atoms with Gasteiger partial charge in [-0.15, -0.1) is 0 Å². The lowest BCUT2D eigenvalue weighted by molar-refractivity contribution is -0.131. The predicted octanol–water partition coefficient (Wildman–Crippen LogP) is 2.57. The summed E-state index contributed by atoms with van der Waals surface area (Å²) in [6.45, 7) is 4.30. The Kier molecular flexibility index (Phi) is 4.79. The molecule has 1 aliphatic rings. The highest BCUT2D eigenvalue weighted by atomic mass is 16.5. The van der Waals surface area contributed by atoms with E-state index >= 15 is 0 Å². The van der Waals surface area contributed by atoms with Gasteiger partial charge in [-0.05, 0) is 30.3 Å². The number of amides is 1. The number of nitrogens with zero attached hydrogens (tertiary/aromatic N) is 2. The number of benzene rings is 2. The summed E-state index contributed by atoms with van der Waals surface area (Å²) in [7, 11) is 0. The van der Waals surface area contributed by atoms with E-state index < -0.39 is 5.97 Å². The molecule has 1 aliphatic heterocycles. The smallest absolute Gasteiger partial charge is 0.308 e. The Bertz CT molecular complexity index is 722. The largest absolute Gasteiger partial charge is 0.427 e. The minimum absolute atomic E-state index is 0.0308. The quantitative estimate of drug-likeness (QED) is 0.643. The summed E-state index contributed by atoms with van der Waals surface area (Å²) in [6, 6.07) is 17.0. The summed E-state index contributed by atoms with van der Waals surface area (Å²) < 4.78 is 5.05. The number of esters is 1. The van der Waals surface area contributed by atoms with E-state index in [0.717, 1.165) is 13.1 Å². The molecule has 2 aromatic rings. The van der Waals surface area contributed by atoms with E-state index in [2.05, 4.69) is 17.0 Å². The average molecular weight is 324 g/mol. The number of carbonyl (C=O) groups excluding carboxylic acids is 2. The van der Waals surface area contributed by atoms with Gasteiger partial charge in [0.25, 0.3) is 5.91 Å². The zero-order valence-corrected chi connectivity index (χ0v) is 13.6. The van der Waals surface area contributed by atoms with Crippen molar-refractivity contribution in [3.05, 3.63) is 60.2 Å². The third kappa shape index (κ3) is 3.74. The third-order valence-corrected chi connectivity index (χ3v) is 4.03. The highest BCUT2D eigenvalue weighted by Gasteiger charge is 2.22. The van der Waals surface area contributed by atoms with Crippen molar-refractivity contribution in [2.24, 2.45) is 0 Å². The molecule has 0 aromatic heterocycles.